The zero-order valence-corrected chi connectivity index (χ0v) is 32.9. The van der Waals surface area contributed by atoms with E-state index in [2.05, 4.69) is 0 Å². The van der Waals surface area contributed by atoms with Crippen molar-refractivity contribution in [3.05, 3.63) is 111 Å². The van der Waals surface area contributed by atoms with Gasteiger partial charge in [0.25, 0.3) is 0 Å². The fourth-order valence-electron chi connectivity index (χ4n) is 8.13. The summed E-state index contributed by atoms with van der Waals surface area (Å²) in [5.41, 5.74) is 6.82. The Morgan fingerprint density at radius 2 is 1.32 bits per heavy atom. The number of phenols is 1. The Morgan fingerprint density at radius 3 is 1.88 bits per heavy atom. The van der Waals surface area contributed by atoms with Crippen molar-refractivity contribution >= 4 is 17.6 Å². The summed E-state index contributed by atoms with van der Waals surface area (Å²) in [5.74, 6) is 3.97. The van der Waals surface area contributed by atoms with Gasteiger partial charge in [0, 0.05) is 16.7 Å². The first-order valence-electron chi connectivity index (χ1n) is 18.9. The topological polar surface area (TPSA) is 119 Å². The van der Waals surface area contributed by atoms with Gasteiger partial charge in [-0.1, -0.05) is 11.6 Å². The number of fused-ring (bicyclic) bond motifs is 10. The molecule has 5 aliphatic rings. The number of carbonyl (C=O) groups excluding carboxylic acids is 2. The van der Waals surface area contributed by atoms with Gasteiger partial charge in [-0.3, -0.25) is 9.59 Å². The van der Waals surface area contributed by atoms with Crippen molar-refractivity contribution in [2.45, 2.75) is 77.6 Å². The van der Waals surface area contributed by atoms with Crippen LogP contribution in [-0.4, -0.2) is 61.9 Å². The van der Waals surface area contributed by atoms with Crippen LogP contribution in [0.25, 0.3) is 6.08 Å². The summed E-state index contributed by atoms with van der Waals surface area (Å²) in [6, 6.07) is 14.5. The molecule has 4 atom stereocenters. The first-order valence-corrected chi connectivity index (χ1v) is 18.9. The van der Waals surface area contributed by atoms with Crippen molar-refractivity contribution in [3.8, 4) is 46.0 Å². The first kappa shape index (κ1) is 37.0. The van der Waals surface area contributed by atoms with E-state index in [9.17, 15) is 14.7 Å². The Hall–Kier alpha value is -5.90. The largest absolute Gasteiger partial charge is 0.508 e. The third-order valence-electron chi connectivity index (χ3n) is 11.0. The average Bonchev–Trinajstić information content (AvgIpc) is 3.16. The normalized spacial score (nSPS) is 21.4. The molecule has 1 N–H and O–H groups in total. The molecular weight excluding hydrogens is 712 g/mol. The van der Waals surface area contributed by atoms with Crippen LogP contribution in [0.1, 0.15) is 93.6 Å². The Labute approximate surface area is 326 Å². The molecular formula is C46H46O10. The molecule has 0 amide bonds. The van der Waals surface area contributed by atoms with Crippen LogP contribution in [0.2, 0.25) is 0 Å². The number of rotatable bonds is 4. The molecule has 0 aromatic heterocycles. The molecule has 9 rings (SSSR count). The van der Waals surface area contributed by atoms with E-state index in [1.807, 2.05) is 96.2 Å². The van der Waals surface area contributed by atoms with E-state index in [1.165, 1.54) is 0 Å². The van der Waals surface area contributed by atoms with Crippen LogP contribution in [0, 0.1) is 13.8 Å². The SMILES string of the molecule is COc1cc2c(cc1C)OC[C@H]1Oc3c(ccc(O)c3CC=C(C)C)C(=O)[C@@H]21.COc1cc2c(cc1C)OC[C@H]1Oc3c(ccc4c3C=CC(C)(C)O4)C(=O)[C@@H]21. The molecule has 10 nitrogen and oxygen atoms in total. The van der Waals surface area contributed by atoms with Crippen molar-refractivity contribution in [2.75, 3.05) is 27.4 Å². The standard InChI is InChI=1S/C23H22O5.C23H24O5/c1-12-9-18-15(10-17(12)25-4)20-19(11-26-18)27-22-13-7-8-23(2,3)28-16(13)6-5-14(22)21(20)24;1-12(2)5-6-14-17(24)8-7-15-22(25)21-16-10-18(26-4)13(3)9-19(16)27-11-20(21)28-23(14)15/h5-10,19-20H,11H2,1-4H3;5,7-10,20-21,24H,6,11H2,1-4H3/t19-,20+;20-,21+/m11/s1. The highest BCUT2D eigenvalue weighted by molar-refractivity contribution is 6.07. The number of ketones is 2. The van der Waals surface area contributed by atoms with Crippen LogP contribution in [0.15, 0.2) is 66.3 Å². The van der Waals surface area contributed by atoms with E-state index in [0.29, 0.717) is 47.0 Å². The van der Waals surface area contributed by atoms with Crippen molar-refractivity contribution < 1.29 is 47.9 Å². The number of allylic oxidation sites excluding steroid dienone is 2. The lowest BCUT2D eigenvalue weighted by Gasteiger charge is -2.38. The van der Waals surface area contributed by atoms with Crippen LogP contribution >= 0.6 is 0 Å². The lowest BCUT2D eigenvalue weighted by Crippen LogP contribution is -2.43. The van der Waals surface area contributed by atoms with Gasteiger partial charge in [0.15, 0.2) is 11.6 Å². The van der Waals surface area contributed by atoms with Crippen LogP contribution in [0.5, 0.6) is 46.0 Å². The fraction of sp³-hybridized carbons (Fsp3) is 0.348. The molecule has 0 radical (unpaired) electrons. The number of hydrogen-bond donors (Lipinski definition) is 1. The summed E-state index contributed by atoms with van der Waals surface area (Å²) in [4.78, 5) is 26.9. The monoisotopic (exact) mass is 758 g/mol. The second-order valence-electron chi connectivity index (χ2n) is 15.7. The zero-order valence-electron chi connectivity index (χ0n) is 32.9. The summed E-state index contributed by atoms with van der Waals surface area (Å²) in [6.45, 7) is 12.5. The highest BCUT2D eigenvalue weighted by atomic mass is 16.5. The minimum Gasteiger partial charge on any atom is -0.508 e. The zero-order chi connectivity index (χ0) is 39.6. The lowest BCUT2D eigenvalue weighted by atomic mass is 9.81. The van der Waals surface area contributed by atoms with Gasteiger partial charge < -0.3 is 38.3 Å². The Balaban J connectivity index is 0.000000157. The molecule has 290 valence electrons. The maximum Gasteiger partial charge on any atom is 0.178 e. The number of methoxy groups -OCH3 is 2. The molecule has 0 aliphatic carbocycles. The summed E-state index contributed by atoms with van der Waals surface area (Å²) < 4.78 is 41.3. The summed E-state index contributed by atoms with van der Waals surface area (Å²) in [6.07, 6.45) is 5.66. The molecule has 5 heterocycles. The van der Waals surface area contributed by atoms with E-state index in [4.69, 9.17) is 33.2 Å². The number of Topliss-reactive ketones (excluding diaryl/α,β-unsaturated/α-hetero) is 2. The van der Waals surface area contributed by atoms with Crippen molar-refractivity contribution in [1.29, 1.82) is 0 Å². The molecule has 10 heteroatoms. The summed E-state index contributed by atoms with van der Waals surface area (Å²) in [5, 5.41) is 10.3. The number of ether oxygens (including phenoxy) is 7. The van der Waals surface area contributed by atoms with Gasteiger partial charge in [-0.05, 0) is 120 Å². The third kappa shape index (κ3) is 6.30. The second-order valence-corrected chi connectivity index (χ2v) is 15.7. The van der Waals surface area contributed by atoms with Gasteiger partial charge in [-0.2, -0.15) is 0 Å². The number of phenolic OH excluding ortho intramolecular Hbond substituents is 1. The Morgan fingerprint density at radius 1 is 0.786 bits per heavy atom. The fourth-order valence-corrected chi connectivity index (χ4v) is 8.13. The number of carbonyl (C=O) groups is 2. The van der Waals surface area contributed by atoms with Crippen LogP contribution in [0.3, 0.4) is 0 Å². The van der Waals surface area contributed by atoms with E-state index in [1.54, 1.807) is 26.4 Å². The molecule has 0 fully saturated rings. The van der Waals surface area contributed by atoms with Crippen LogP contribution < -0.4 is 33.2 Å². The Kier molecular flexibility index (Phi) is 9.26. The number of hydrogen-bond acceptors (Lipinski definition) is 10. The maximum absolute atomic E-state index is 13.5. The van der Waals surface area contributed by atoms with Crippen LogP contribution in [-0.2, 0) is 6.42 Å². The molecule has 4 aromatic rings. The number of aryl methyl sites for hydroxylation is 2. The van der Waals surface area contributed by atoms with Gasteiger partial charge in [-0.15, -0.1) is 0 Å². The molecule has 0 saturated heterocycles. The maximum atomic E-state index is 13.5. The second kappa shape index (κ2) is 14.0. The first-order chi connectivity index (χ1) is 26.8. The average molecular weight is 759 g/mol. The quantitative estimate of drug-likeness (QED) is 0.203. The Bertz CT molecular complexity index is 2350. The molecule has 56 heavy (non-hydrogen) atoms. The van der Waals surface area contributed by atoms with Crippen molar-refractivity contribution in [3.63, 3.8) is 0 Å². The van der Waals surface area contributed by atoms with E-state index < -0.39 is 17.9 Å². The molecule has 5 aliphatic heterocycles. The smallest absolute Gasteiger partial charge is 0.178 e. The molecule has 0 bridgehead atoms. The van der Waals surface area contributed by atoms with Crippen molar-refractivity contribution in [2.24, 2.45) is 0 Å². The predicted octanol–water partition coefficient (Wildman–Crippen LogP) is 8.65. The van der Waals surface area contributed by atoms with Gasteiger partial charge >= 0.3 is 0 Å². The minimum absolute atomic E-state index is 0.0137. The summed E-state index contributed by atoms with van der Waals surface area (Å²) >= 11 is 0. The molecule has 0 unspecified atom stereocenters. The highest BCUT2D eigenvalue weighted by Gasteiger charge is 2.46. The van der Waals surface area contributed by atoms with Gasteiger partial charge in [0.1, 0.15) is 77.0 Å². The van der Waals surface area contributed by atoms with Gasteiger partial charge in [0.2, 0.25) is 0 Å². The lowest BCUT2D eigenvalue weighted by molar-refractivity contribution is 0.0548. The summed E-state index contributed by atoms with van der Waals surface area (Å²) in [7, 11) is 3.24. The van der Waals surface area contributed by atoms with E-state index >= 15 is 0 Å². The predicted molar refractivity (Wildman–Crippen MR) is 211 cm³/mol. The third-order valence-corrected chi connectivity index (χ3v) is 11.0. The van der Waals surface area contributed by atoms with E-state index in [-0.39, 0.29) is 35.6 Å². The van der Waals surface area contributed by atoms with E-state index in [0.717, 1.165) is 56.4 Å². The molecule has 0 spiro atoms. The molecule has 0 saturated carbocycles. The highest BCUT2D eigenvalue weighted by Crippen LogP contribution is 2.50. The van der Waals surface area contributed by atoms with Gasteiger partial charge in [0.05, 0.1) is 42.7 Å². The van der Waals surface area contributed by atoms with Crippen LogP contribution in [0.4, 0.5) is 0 Å². The minimum atomic E-state index is -0.452. The van der Waals surface area contributed by atoms with Crippen molar-refractivity contribution in [1.82, 2.24) is 0 Å². The number of benzene rings is 4. The molecule has 4 aromatic carbocycles. The van der Waals surface area contributed by atoms with Gasteiger partial charge in [-0.25, -0.2) is 0 Å². The number of aromatic hydroxyl groups is 1.